The Morgan fingerprint density at radius 2 is 2.28 bits per heavy atom. The van der Waals surface area contributed by atoms with Gasteiger partial charge in [0, 0.05) is 24.2 Å². The van der Waals surface area contributed by atoms with E-state index in [2.05, 4.69) is 12.2 Å². The number of methoxy groups -OCH3 is 1. The normalized spacial score (nSPS) is 12.2. The molecule has 100 valence electrons. The van der Waals surface area contributed by atoms with Gasteiger partial charge in [-0.1, -0.05) is 24.9 Å². The fourth-order valence-electron chi connectivity index (χ4n) is 1.75. The second-order valence-electron chi connectivity index (χ2n) is 4.00. The number of benzene rings is 1. The largest absolute Gasteiger partial charge is 0.383 e. The van der Waals surface area contributed by atoms with Crippen LogP contribution in [-0.2, 0) is 4.74 Å². The minimum absolute atomic E-state index is 0.0246. The molecule has 1 atom stereocenters. The van der Waals surface area contributed by atoms with Gasteiger partial charge in [0.15, 0.2) is 0 Å². The van der Waals surface area contributed by atoms with Gasteiger partial charge in [-0.05, 0) is 18.6 Å². The van der Waals surface area contributed by atoms with Crippen LogP contribution in [0.3, 0.4) is 0 Å². The van der Waals surface area contributed by atoms with Gasteiger partial charge >= 0.3 is 0 Å². The maximum atomic E-state index is 10.9. The average molecular weight is 273 g/mol. The van der Waals surface area contributed by atoms with E-state index < -0.39 is 4.92 Å². The smallest absolute Gasteiger partial charge is 0.292 e. The molecule has 0 saturated heterocycles. The van der Waals surface area contributed by atoms with Crippen molar-refractivity contribution in [1.29, 1.82) is 0 Å². The molecule has 18 heavy (non-hydrogen) atoms. The minimum Gasteiger partial charge on any atom is -0.383 e. The number of nitrogens with zero attached hydrogens (tertiary/aromatic N) is 1. The average Bonchev–Trinajstić information content (AvgIpc) is 2.29. The van der Waals surface area contributed by atoms with E-state index in [0.717, 1.165) is 12.8 Å². The molecule has 0 aliphatic heterocycles. The number of hydrogen-bond donors (Lipinski definition) is 1. The first-order valence-corrected chi connectivity index (χ1v) is 6.15. The van der Waals surface area contributed by atoms with Crippen molar-refractivity contribution in [3.8, 4) is 0 Å². The molecular formula is C12H17ClN2O3. The van der Waals surface area contributed by atoms with Crippen LogP contribution in [0, 0.1) is 10.1 Å². The van der Waals surface area contributed by atoms with E-state index in [0.29, 0.717) is 17.3 Å². The lowest BCUT2D eigenvalue weighted by Gasteiger charge is -2.18. The summed E-state index contributed by atoms with van der Waals surface area (Å²) in [6.45, 7) is 2.55. The lowest BCUT2D eigenvalue weighted by molar-refractivity contribution is -0.384. The molecule has 1 N–H and O–H groups in total. The molecule has 0 spiro atoms. The van der Waals surface area contributed by atoms with Crippen molar-refractivity contribution in [2.75, 3.05) is 19.0 Å². The summed E-state index contributed by atoms with van der Waals surface area (Å²) in [5.74, 6) is 0. The number of rotatable bonds is 7. The third kappa shape index (κ3) is 4.16. The monoisotopic (exact) mass is 272 g/mol. The zero-order chi connectivity index (χ0) is 13.5. The van der Waals surface area contributed by atoms with Crippen LogP contribution in [0.2, 0.25) is 5.02 Å². The van der Waals surface area contributed by atoms with E-state index in [9.17, 15) is 10.1 Å². The van der Waals surface area contributed by atoms with Crippen LogP contribution in [0.5, 0.6) is 0 Å². The fraction of sp³-hybridized carbons (Fsp3) is 0.500. The van der Waals surface area contributed by atoms with Crippen molar-refractivity contribution >= 4 is 23.0 Å². The van der Waals surface area contributed by atoms with Crippen molar-refractivity contribution < 1.29 is 9.66 Å². The van der Waals surface area contributed by atoms with Crippen molar-refractivity contribution in [2.24, 2.45) is 0 Å². The van der Waals surface area contributed by atoms with E-state index in [1.165, 1.54) is 12.1 Å². The standard InChI is InChI=1S/C12H17ClN2O3/c1-3-4-10(8-18-2)14-11-7-9(13)5-6-12(11)15(16)17/h5-7,10,14H,3-4,8H2,1-2H3. The molecule has 0 amide bonds. The first-order valence-electron chi connectivity index (χ1n) is 5.77. The summed E-state index contributed by atoms with van der Waals surface area (Å²) in [6.07, 6.45) is 1.84. The summed E-state index contributed by atoms with van der Waals surface area (Å²) < 4.78 is 5.09. The van der Waals surface area contributed by atoms with E-state index in [4.69, 9.17) is 16.3 Å². The Bertz CT molecular complexity index is 406. The number of hydrogen-bond acceptors (Lipinski definition) is 4. The summed E-state index contributed by atoms with van der Waals surface area (Å²) in [5, 5.41) is 14.5. The molecular weight excluding hydrogens is 256 g/mol. The Kier molecular flexibility index (Phi) is 5.88. The Hall–Kier alpha value is -1.33. The molecule has 0 fully saturated rings. The second-order valence-corrected chi connectivity index (χ2v) is 4.44. The van der Waals surface area contributed by atoms with Gasteiger partial charge in [-0.15, -0.1) is 0 Å². The summed E-state index contributed by atoms with van der Waals surface area (Å²) >= 11 is 5.87. The molecule has 0 aliphatic carbocycles. The van der Waals surface area contributed by atoms with Gasteiger partial charge in [0.25, 0.3) is 5.69 Å². The molecule has 6 heteroatoms. The quantitative estimate of drug-likeness (QED) is 0.610. The Morgan fingerprint density at radius 3 is 2.83 bits per heavy atom. The Balaban J connectivity index is 2.92. The van der Waals surface area contributed by atoms with E-state index >= 15 is 0 Å². The van der Waals surface area contributed by atoms with Gasteiger partial charge in [-0.2, -0.15) is 0 Å². The van der Waals surface area contributed by atoms with Crippen LogP contribution in [0.4, 0.5) is 11.4 Å². The summed E-state index contributed by atoms with van der Waals surface area (Å²) in [4.78, 5) is 10.5. The number of nitro benzene ring substituents is 1. The maximum absolute atomic E-state index is 10.9. The van der Waals surface area contributed by atoms with Gasteiger partial charge in [0.1, 0.15) is 5.69 Å². The van der Waals surface area contributed by atoms with Crippen molar-refractivity contribution in [2.45, 2.75) is 25.8 Å². The van der Waals surface area contributed by atoms with E-state index in [1.807, 2.05) is 0 Å². The molecule has 0 radical (unpaired) electrons. The predicted molar refractivity (Wildman–Crippen MR) is 72.3 cm³/mol. The number of anilines is 1. The van der Waals surface area contributed by atoms with Crippen molar-refractivity contribution in [3.63, 3.8) is 0 Å². The van der Waals surface area contributed by atoms with E-state index in [-0.39, 0.29) is 11.7 Å². The zero-order valence-electron chi connectivity index (χ0n) is 10.5. The number of nitro groups is 1. The maximum Gasteiger partial charge on any atom is 0.292 e. The molecule has 0 saturated carbocycles. The Morgan fingerprint density at radius 1 is 1.56 bits per heavy atom. The predicted octanol–water partition coefficient (Wildman–Crippen LogP) is 3.48. The van der Waals surface area contributed by atoms with Crippen molar-refractivity contribution in [1.82, 2.24) is 0 Å². The first-order chi connectivity index (χ1) is 8.58. The molecule has 1 aromatic carbocycles. The number of nitrogens with one attached hydrogen (secondary N) is 1. The highest BCUT2D eigenvalue weighted by molar-refractivity contribution is 6.31. The summed E-state index contributed by atoms with van der Waals surface area (Å²) in [7, 11) is 1.61. The molecule has 1 unspecified atom stereocenters. The summed E-state index contributed by atoms with van der Waals surface area (Å²) in [6, 6.07) is 4.52. The van der Waals surface area contributed by atoms with Gasteiger partial charge in [-0.25, -0.2) is 0 Å². The zero-order valence-corrected chi connectivity index (χ0v) is 11.2. The first kappa shape index (κ1) is 14.7. The van der Waals surface area contributed by atoms with Gasteiger partial charge < -0.3 is 10.1 Å². The molecule has 5 nitrogen and oxygen atoms in total. The Labute approximate surface area is 111 Å². The molecule has 0 aromatic heterocycles. The lowest BCUT2D eigenvalue weighted by Crippen LogP contribution is -2.25. The topological polar surface area (TPSA) is 64.4 Å². The van der Waals surface area contributed by atoms with Crippen LogP contribution < -0.4 is 5.32 Å². The molecule has 0 heterocycles. The number of ether oxygens (including phenoxy) is 1. The van der Waals surface area contributed by atoms with Crippen LogP contribution in [0.1, 0.15) is 19.8 Å². The lowest BCUT2D eigenvalue weighted by atomic mass is 10.1. The molecule has 1 rings (SSSR count). The van der Waals surface area contributed by atoms with Crippen molar-refractivity contribution in [3.05, 3.63) is 33.3 Å². The highest BCUT2D eigenvalue weighted by Crippen LogP contribution is 2.28. The van der Waals surface area contributed by atoms with Crippen LogP contribution in [0.25, 0.3) is 0 Å². The fourth-order valence-corrected chi connectivity index (χ4v) is 1.92. The van der Waals surface area contributed by atoms with Crippen LogP contribution in [0.15, 0.2) is 18.2 Å². The molecule has 0 aliphatic rings. The van der Waals surface area contributed by atoms with E-state index in [1.54, 1.807) is 13.2 Å². The van der Waals surface area contributed by atoms with Gasteiger partial charge in [0.05, 0.1) is 11.5 Å². The van der Waals surface area contributed by atoms with Crippen LogP contribution >= 0.6 is 11.6 Å². The SMILES string of the molecule is CCCC(COC)Nc1cc(Cl)ccc1[N+](=O)[O-]. The van der Waals surface area contributed by atoms with Gasteiger partial charge in [0.2, 0.25) is 0 Å². The second kappa shape index (κ2) is 7.18. The highest BCUT2D eigenvalue weighted by atomic mass is 35.5. The molecule has 0 bridgehead atoms. The van der Waals surface area contributed by atoms with Gasteiger partial charge in [-0.3, -0.25) is 10.1 Å². The summed E-state index contributed by atoms with van der Waals surface area (Å²) in [5.41, 5.74) is 0.458. The molecule has 1 aromatic rings. The number of halogens is 1. The third-order valence-corrected chi connectivity index (χ3v) is 2.76. The van der Waals surface area contributed by atoms with Crippen LogP contribution in [-0.4, -0.2) is 24.7 Å². The highest BCUT2D eigenvalue weighted by Gasteiger charge is 2.17. The third-order valence-electron chi connectivity index (χ3n) is 2.52. The minimum atomic E-state index is -0.422.